The zero-order chi connectivity index (χ0) is 20.9. The summed E-state index contributed by atoms with van der Waals surface area (Å²) >= 11 is 0. The van der Waals surface area contributed by atoms with Crippen LogP contribution in [-0.4, -0.2) is 28.0 Å². The van der Waals surface area contributed by atoms with Crippen molar-refractivity contribution in [3.63, 3.8) is 0 Å². The smallest absolute Gasteiger partial charge is 0.453 e. The summed E-state index contributed by atoms with van der Waals surface area (Å²) in [7, 11) is 0. The SMILES string of the molecule is OC(O)(c1ncc(/C=C/c2ccc(OCCC3CCCCC3)cc2)o1)C(F)(F)F. The molecule has 0 bridgehead atoms. The fraction of sp³-hybridized carbons (Fsp3) is 0.476. The second-order valence-corrected chi connectivity index (χ2v) is 7.28. The first-order valence-electron chi connectivity index (χ1n) is 9.64. The topological polar surface area (TPSA) is 75.7 Å². The van der Waals surface area contributed by atoms with Crippen LogP contribution >= 0.6 is 0 Å². The van der Waals surface area contributed by atoms with Crippen LogP contribution in [0.5, 0.6) is 5.75 Å². The Labute approximate surface area is 166 Å². The van der Waals surface area contributed by atoms with Crippen molar-refractivity contribution in [2.75, 3.05) is 6.61 Å². The van der Waals surface area contributed by atoms with E-state index in [9.17, 15) is 13.2 Å². The van der Waals surface area contributed by atoms with E-state index >= 15 is 0 Å². The van der Waals surface area contributed by atoms with E-state index in [1.54, 1.807) is 6.08 Å². The molecule has 29 heavy (non-hydrogen) atoms. The molecule has 3 rings (SSSR count). The van der Waals surface area contributed by atoms with Crippen LogP contribution in [0.3, 0.4) is 0 Å². The van der Waals surface area contributed by atoms with Crippen molar-refractivity contribution in [1.82, 2.24) is 4.98 Å². The highest BCUT2D eigenvalue weighted by atomic mass is 19.4. The normalized spacial score (nSPS) is 16.4. The molecule has 1 aromatic heterocycles. The molecule has 2 aromatic rings. The van der Waals surface area contributed by atoms with Gasteiger partial charge >= 0.3 is 12.0 Å². The van der Waals surface area contributed by atoms with Gasteiger partial charge in [-0.1, -0.05) is 50.3 Å². The Morgan fingerprint density at radius 3 is 2.41 bits per heavy atom. The molecule has 0 amide bonds. The zero-order valence-electron chi connectivity index (χ0n) is 15.9. The minimum Gasteiger partial charge on any atom is -0.494 e. The molecule has 0 unspecified atom stereocenters. The van der Waals surface area contributed by atoms with Crippen LogP contribution in [-0.2, 0) is 5.79 Å². The summed E-state index contributed by atoms with van der Waals surface area (Å²) in [4.78, 5) is 3.29. The van der Waals surface area contributed by atoms with Crippen LogP contribution in [0, 0.1) is 5.92 Å². The van der Waals surface area contributed by atoms with Crippen molar-refractivity contribution >= 4 is 12.2 Å². The first-order valence-corrected chi connectivity index (χ1v) is 9.64. The molecule has 0 atom stereocenters. The van der Waals surface area contributed by atoms with E-state index in [1.807, 2.05) is 24.3 Å². The Kier molecular flexibility index (Phi) is 6.64. The highest BCUT2D eigenvalue weighted by Gasteiger charge is 2.58. The molecule has 0 saturated heterocycles. The summed E-state index contributed by atoms with van der Waals surface area (Å²) in [5.41, 5.74) is 0.776. The van der Waals surface area contributed by atoms with Crippen molar-refractivity contribution < 1.29 is 32.5 Å². The third-order valence-electron chi connectivity index (χ3n) is 5.06. The maximum absolute atomic E-state index is 12.6. The van der Waals surface area contributed by atoms with Gasteiger partial charge in [-0.15, -0.1) is 0 Å². The Bertz CT molecular complexity index is 806. The van der Waals surface area contributed by atoms with Gasteiger partial charge in [0.25, 0.3) is 5.89 Å². The van der Waals surface area contributed by atoms with Gasteiger partial charge in [0.15, 0.2) is 0 Å². The van der Waals surface area contributed by atoms with Crippen molar-refractivity contribution in [2.45, 2.75) is 50.5 Å². The molecular weight excluding hydrogens is 387 g/mol. The molecule has 1 aromatic carbocycles. The summed E-state index contributed by atoms with van der Waals surface area (Å²) in [6.45, 7) is 0.684. The molecule has 1 aliphatic rings. The number of aliphatic hydroxyl groups is 2. The second-order valence-electron chi connectivity index (χ2n) is 7.28. The van der Waals surface area contributed by atoms with Gasteiger partial charge in [-0.2, -0.15) is 13.2 Å². The van der Waals surface area contributed by atoms with Gasteiger partial charge in [-0.3, -0.25) is 0 Å². The maximum Gasteiger partial charge on any atom is 0.453 e. The molecule has 0 aliphatic heterocycles. The largest absolute Gasteiger partial charge is 0.494 e. The third-order valence-corrected chi connectivity index (χ3v) is 5.06. The van der Waals surface area contributed by atoms with Crippen LogP contribution in [0.1, 0.15) is 55.7 Å². The van der Waals surface area contributed by atoms with Crippen LogP contribution in [0.2, 0.25) is 0 Å². The van der Waals surface area contributed by atoms with E-state index in [-0.39, 0.29) is 5.76 Å². The van der Waals surface area contributed by atoms with Gasteiger partial charge in [0, 0.05) is 0 Å². The summed E-state index contributed by atoms with van der Waals surface area (Å²) in [5.74, 6) is -3.88. The number of hydrogen-bond acceptors (Lipinski definition) is 5. The number of ether oxygens (including phenoxy) is 1. The fourth-order valence-electron chi connectivity index (χ4n) is 3.32. The first-order chi connectivity index (χ1) is 13.8. The van der Waals surface area contributed by atoms with E-state index in [0.29, 0.717) is 6.61 Å². The summed E-state index contributed by atoms with van der Waals surface area (Å²) in [5, 5.41) is 18.3. The lowest BCUT2D eigenvalue weighted by Gasteiger charge is -2.21. The Hall–Kier alpha value is -2.32. The van der Waals surface area contributed by atoms with Crippen molar-refractivity contribution in [3.05, 3.63) is 47.7 Å². The number of benzene rings is 1. The summed E-state index contributed by atoms with van der Waals surface area (Å²) in [6, 6.07) is 7.26. The Balaban J connectivity index is 1.52. The molecule has 1 aliphatic carbocycles. The maximum atomic E-state index is 12.6. The minimum atomic E-state index is -5.31. The standard InChI is InChI=1S/C21H24F3NO4/c22-21(23,24)20(26,27)19-25-14-18(29-19)11-8-16-6-9-17(10-7-16)28-13-12-15-4-2-1-3-5-15/h6-11,14-15,26-27H,1-5,12-13H2/b11-8+. The molecule has 5 nitrogen and oxygen atoms in total. The monoisotopic (exact) mass is 411 g/mol. The zero-order valence-corrected chi connectivity index (χ0v) is 15.9. The second kappa shape index (κ2) is 9.00. The lowest BCUT2D eigenvalue weighted by atomic mass is 9.87. The number of nitrogens with zero attached hydrogens (tertiary/aromatic N) is 1. The van der Waals surface area contributed by atoms with Gasteiger partial charge < -0.3 is 19.4 Å². The average Bonchev–Trinajstić information content (AvgIpc) is 3.17. The van der Waals surface area contributed by atoms with Gasteiger partial charge in [0.2, 0.25) is 0 Å². The number of rotatable bonds is 7. The van der Waals surface area contributed by atoms with Crippen LogP contribution in [0.15, 0.2) is 34.9 Å². The van der Waals surface area contributed by atoms with E-state index in [4.69, 9.17) is 19.4 Å². The summed E-state index contributed by atoms with van der Waals surface area (Å²) in [6.07, 6.45) is 6.27. The van der Waals surface area contributed by atoms with E-state index < -0.39 is 17.9 Å². The van der Waals surface area contributed by atoms with Crippen LogP contribution < -0.4 is 4.74 Å². The highest BCUT2D eigenvalue weighted by molar-refractivity contribution is 5.67. The molecule has 0 radical (unpaired) electrons. The lowest BCUT2D eigenvalue weighted by Crippen LogP contribution is -2.42. The Morgan fingerprint density at radius 1 is 1.07 bits per heavy atom. The van der Waals surface area contributed by atoms with Crippen molar-refractivity contribution in [3.8, 4) is 5.75 Å². The number of alkyl halides is 3. The van der Waals surface area contributed by atoms with Crippen molar-refractivity contribution in [1.29, 1.82) is 0 Å². The molecule has 158 valence electrons. The number of hydrogen-bond donors (Lipinski definition) is 2. The number of oxazole rings is 1. The van der Waals surface area contributed by atoms with Gasteiger partial charge in [-0.05, 0) is 36.1 Å². The van der Waals surface area contributed by atoms with Crippen LogP contribution in [0.25, 0.3) is 12.2 Å². The molecule has 1 saturated carbocycles. The van der Waals surface area contributed by atoms with Gasteiger partial charge in [0.05, 0.1) is 12.8 Å². The number of halogens is 3. The lowest BCUT2D eigenvalue weighted by molar-refractivity contribution is -0.366. The molecule has 1 heterocycles. The number of aromatic nitrogens is 1. The third kappa shape index (κ3) is 5.61. The minimum absolute atomic E-state index is 0.0375. The fourth-order valence-corrected chi connectivity index (χ4v) is 3.32. The van der Waals surface area contributed by atoms with Gasteiger partial charge in [0.1, 0.15) is 11.5 Å². The first kappa shape index (κ1) is 21.4. The van der Waals surface area contributed by atoms with E-state index in [0.717, 1.165) is 29.8 Å². The predicted octanol–water partition coefficient (Wildman–Crippen LogP) is 4.89. The molecular formula is C21H24F3NO4. The molecule has 0 spiro atoms. The van der Waals surface area contributed by atoms with E-state index in [2.05, 4.69) is 4.98 Å². The molecule has 2 N–H and O–H groups in total. The quantitative estimate of drug-likeness (QED) is 0.634. The average molecular weight is 411 g/mol. The van der Waals surface area contributed by atoms with E-state index in [1.165, 1.54) is 38.2 Å². The van der Waals surface area contributed by atoms with Crippen molar-refractivity contribution in [2.24, 2.45) is 5.92 Å². The van der Waals surface area contributed by atoms with Gasteiger partial charge in [-0.25, -0.2) is 4.98 Å². The predicted molar refractivity (Wildman–Crippen MR) is 101 cm³/mol. The summed E-state index contributed by atoms with van der Waals surface area (Å²) < 4.78 is 48.3. The molecule has 1 fully saturated rings. The highest BCUT2D eigenvalue weighted by Crippen LogP contribution is 2.36. The molecule has 8 heteroatoms. The Morgan fingerprint density at radius 2 is 1.76 bits per heavy atom. The van der Waals surface area contributed by atoms with Crippen LogP contribution in [0.4, 0.5) is 13.2 Å².